The lowest BCUT2D eigenvalue weighted by atomic mass is 9.90. The number of nitrogens with zero attached hydrogens (tertiary/aromatic N) is 1. The number of carbonyl (C=O) groups excluding carboxylic acids is 1. The standard InChI is InChI=1S/C13H24N2O3.ClH/c1-3-10(2)11-6-4-5-7-15(11)9-12(16)14-8-13(17)18;/h10-11H,3-9H2,1-2H3,(H,14,16)(H,17,18);1H. The summed E-state index contributed by atoms with van der Waals surface area (Å²) in [5, 5.41) is 10.9. The van der Waals surface area contributed by atoms with Crippen molar-refractivity contribution >= 4 is 24.3 Å². The molecule has 0 aliphatic carbocycles. The number of hydrogen-bond acceptors (Lipinski definition) is 3. The van der Waals surface area contributed by atoms with Gasteiger partial charge in [-0.15, -0.1) is 12.4 Å². The predicted octanol–water partition coefficient (Wildman–Crippen LogP) is 1.51. The zero-order chi connectivity index (χ0) is 13.5. The fourth-order valence-corrected chi connectivity index (χ4v) is 2.54. The topological polar surface area (TPSA) is 69.6 Å². The third-order valence-corrected chi connectivity index (χ3v) is 3.75. The van der Waals surface area contributed by atoms with Crippen LogP contribution in [0.5, 0.6) is 0 Å². The molecule has 2 unspecified atom stereocenters. The average molecular weight is 293 g/mol. The van der Waals surface area contributed by atoms with Crippen LogP contribution in [0.25, 0.3) is 0 Å². The quantitative estimate of drug-likeness (QED) is 0.778. The van der Waals surface area contributed by atoms with Crippen LogP contribution in [0, 0.1) is 5.92 Å². The number of rotatable bonds is 6. The molecule has 19 heavy (non-hydrogen) atoms. The molecule has 1 aliphatic heterocycles. The van der Waals surface area contributed by atoms with Crippen LogP contribution in [0.4, 0.5) is 0 Å². The molecule has 112 valence electrons. The van der Waals surface area contributed by atoms with Gasteiger partial charge in [0.2, 0.25) is 5.91 Å². The van der Waals surface area contributed by atoms with E-state index in [-0.39, 0.29) is 24.9 Å². The van der Waals surface area contributed by atoms with E-state index in [2.05, 4.69) is 24.1 Å². The second-order valence-corrected chi connectivity index (χ2v) is 5.09. The molecule has 0 saturated carbocycles. The molecule has 2 N–H and O–H groups in total. The first kappa shape index (κ1) is 18.2. The number of carbonyl (C=O) groups is 2. The fourth-order valence-electron chi connectivity index (χ4n) is 2.54. The summed E-state index contributed by atoms with van der Waals surface area (Å²) in [5.41, 5.74) is 0. The number of carboxylic acids is 1. The summed E-state index contributed by atoms with van der Waals surface area (Å²) in [6.07, 6.45) is 4.60. The Hall–Kier alpha value is -0.810. The van der Waals surface area contributed by atoms with E-state index >= 15 is 0 Å². The van der Waals surface area contributed by atoms with Gasteiger partial charge in [0.05, 0.1) is 6.54 Å². The van der Waals surface area contributed by atoms with E-state index in [9.17, 15) is 9.59 Å². The average Bonchev–Trinajstić information content (AvgIpc) is 2.36. The van der Waals surface area contributed by atoms with Crippen molar-refractivity contribution in [1.29, 1.82) is 0 Å². The summed E-state index contributed by atoms with van der Waals surface area (Å²) in [7, 11) is 0. The highest BCUT2D eigenvalue weighted by Gasteiger charge is 2.27. The molecular formula is C13H25ClN2O3. The van der Waals surface area contributed by atoms with Gasteiger partial charge in [0.1, 0.15) is 6.54 Å². The lowest BCUT2D eigenvalue weighted by molar-refractivity contribution is -0.138. The third kappa shape index (κ3) is 6.25. The van der Waals surface area contributed by atoms with Gasteiger partial charge in [0, 0.05) is 6.04 Å². The highest BCUT2D eigenvalue weighted by atomic mass is 35.5. The summed E-state index contributed by atoms with van der Waals surface area (Å²) in [4.78, 5) is 24.2. The minimum Gasteiger partial charge on any atom is -0.480 e. The minimum absolute atomic E-state index is 0. The molecule has 1 heterocycles. The Labute approximate surface area is 121 Å². The van der Waals surface area contributed by atoms with Crippen LogP contribution < -0.4 is 5.32 Å². The number of halogens is 1. The van der Waals surface area contributed by atoms with Crippen LogP contribution in [0.1, 0.15) is 39.5 Å². The maximum Gasteiger partial charge on any atom is 0.322 e. The molecule has 1 amide bonds. The molecule has 0 aromatic rings. The number of hydrogen-bond donors (Lipinski definition) is 2. The lowest BCUT2D eigenvalue weighted by Crippen LogP contribution is -2.48. The van der Waals surface area contributed by atoms with Crippen LogP contribution >= 0.6 is 12.4 Å². The SMILES string of the molecule is CCC(C)C1CCCCN1CC(=O)NCC(=O)O.Cl. The Morgan fingerprint density at radius 3 is 2.68 bits per heavy atom. The van der Waals surface area contributed by atoms with Gasteiger partial charge >= 0.3 is 5.97 Å². The molecule has 6 heteroatoms. The van der Waals surface area contributed by atoms with Gasteiger partial charge in [-0.3, -0.25) is 14.5 Å². The maximum atomic E-state index is 11.7. The van der Waals surface area contributed by atoms with E-state index in [1.165, 1.54) is 6.42 Å². The van der Waals surface area contributed by atoms with Gasteiger partial charge in [0.15, 0.2) is 0 Å². The number of nitrogens with one attached hydrogen (secondary N) is 1. The molecular weight excluding hydrogens is 268 g/mol. The molecule has 0 radical (unpaired) electrons. The van der Waals surface area contributed by atoms with Gasteiger partial charge in [-0.25, -0.2) is 0 Å². The van der Waals surface area contributed by atoms with E-state index < -0.39 is 5.97 Å². The first-order valence-electron chi connectivity index (χ1n) is 6.77. The van der Waals surface area contributed by atoms with Gasteiger partial charge in [-0.05, 0) is 25.3 Å². The molecule has 1 fully saturated rings. The molecule has 5 nitrogen and oxygen atoms in total. The van der Waals surface area contributed by atoms with Crippen molar-refractivity contribution in [2.75, 3.05) is 19.6 Å². The zero-order valence-electron chi connectivity index (χ0n) is 11.7. The monoisotopic (exact) mass is 292 g/mol. The van der Waals surface area contributed by atoms with Crippen LogP contribution in [-0.4, -0.2) is 47.6 Å². The van der Waals surface area contributed by atoms with Crippen molar-refractivity contribution in [3.05, 3.63) is 0 Å². The Morgan fingerprint density at radius 2 is 2.11 bits per heavy atom. The van der Waals surface area contributed by atoms with Crippen molar-refractivity contribution in [3.8, 4) is 0 Å². The van der Waals surface area contributed by atoms with Gasteiger partial charge in [0.25, 0.3) is 0 Å². The van der Waals surface area contributed by atoms with E-state index in [1.807, 2.05) is 0 Å². The van der Waals surface area contributed by atoms with Gasteiger partial charge < -0.3 is 10.4 Å². The summed E-state index contributed by atoms with van der Waals surface area (Å²) in [6.45, 7) is 5.36. The highest BCUT2D eigenvalue weighted by Crippen LogP contribution is 2.24. The number of carboxylic acid groups (broad SMARTS) is 1. The molecule has 0 bridgehead atoms. The highest BCUT2D eigenvalue weighted by molar-refractivity contribution is 5.85. The van der Waals surface area contributed by atoms with E-state index in [0.717, 1.165) is 25.8 Å². The predicted molar refractivity (Wildman–Crippen MR) is 76.6 cm³/mol. The minimum atomic E-state index is -1.000. The second-order valence-electron chi connectivity index (χ2n) is 5.09. The molecule has 1 aliphatic rings. The van der Waals surface area contributed by atoms with Crippen molar-refractivity contribution in [2.24, 2.45) is 5.92 Å². The van der Waals surface area contributed by atoms with Crippen LogP contribution in [0.3, 0.4) is 0 Å². The van der Waals surface area contributed by atoms with Crippen molar-refractivity contribution in [1.82, 2.24) is 10.2 Å². The Bertz CT molecular complexity index is 300. The Balaban J connectivity index is 0.00000324. The van der Waals surface area contributed by atoms with Crippen LogP contribution in [0.15, 0.2) is 0 Å². The second kappa shape index (κ2) is 9.15. The molecule has 2 atom stereocenters. The normalized spacial score (nSPS) is 21.3. The fraction of sp³-hybridized carbons (Fsp3) is 0.846. The molecule has 1 saturated heterocycles. The Morgan fingerprint density at radius 1 is 1.42 bits per heavy atom. The zero-order valence-corrected chi connectivity index (χ0v) is 12.5. The van der Waals surface area contributed by atoms with Crippen molar-refractivity contribution < 1.29 is 14.7 Å². The summed E-state index contributed by atoms with van der Waals surface area (Å²) >= 11 is 0. The number of aliphatic carboxylic acids is 1. The molecule has 1 rings (SSSR count). The maximum absolute atomic E-state index is 11.7. The first-order valence-corrected chi connectivity index (χ1v) is 6.77. The van der Waals surface area contributed by atoms with Crippen LogP contribution in [0.2, 0.25) is 0 Å². The number of piperidine rings is 1. The van der Waals surface area contributed by atoms with Crippen molar-refractivity contribution in [2.45, 2.75) is 45.6 Å². The van der Waals surface area contributed by atoms with Gasteiger partial charge in [-0.1, -0.05) is 26.7 Å². The molecule has 0 aromatic heterocycles. The smallest absolute Gasteiger partial charge is 0.322 e. The largest absolute Gasteiger partial charge is 0.480 e. The first-order chi connectivity index (χ1) is 8.54. The van der Waals surface area contributed by atoms with E-state index in [4.69, 9.17) is 5.11 Å². The summed E-state index contributed by atoms with van der Waals surface area (Å²) in [5.74, 6) is -0.606. The van der Waals surface area contributed by atoms with E-state index in [1.54, 1.807) is 0 Å². The summed E-state index contributed by atoms with van der Waals surface area (Å²) < 4.78 is 0. The van der Waals surface area contributed by atoms with Crippen molar-refractivity contribution in [3.63, 3.8) is 0 Å². The van der Waals surface area contributed by atoms with Gasteiger partial charge in [-0.2, -0.15) is 0 Å². The molecule has 0 spiro atoms. The Kier molecular flexibility index (Phi) is 8.76. The van der Waals surface area contributed by atoms with E-state index in [0.29, 0.717) is 18.5 Å². The van der Waals surface area contributed by atoms with Crippen LogP contribution in [-0.2, 0) is 9.59 Å². The number of amides is 1. The molecule has 0 aromatic carbocycles. The summed E-state index contributed by atoms with van der Waals surface area (Å²) in [6, 6.07) is 0.458. The number of likely N-dealkylation sites (tertiary alicyclic amines) is 1. The lowest BCUT2D eigenvalue weighted by Gasteiger charge is -2.38. The third-order valence-electron chi connectivity index (χ3n) is 3.75.